The monoisotopic (exact) mass is 708 g/mol. The van der Waals surface area contributed by atoms with Crippen LogP contribution in [-0.4, -0.2) is 20.9 Å². The molecule has 3 heterocycles. The Labute approximate surface area is 231 Å². The van der Waals surface area contributed by atoms with Gasteiger partial charge in [0.15, 0.2) is 5.78 Å². The van der Waals surface area contributed by atoms with E-state index in [4.69, 9.17) is 5.11 Å². The van der Waals surface area contributed by atoms with Crippen molar-refractivity contribution in [3.05, 3.63) is 91.1 Å². The summed E-state index contributed by atoms with van der Waals surface area (Å²) >= 11 is 3.32. The van der Waals surface area contributed by atoms with Gasteiger partial charge in [0.2, 0.25) is 0 Å². The fourth-order valence-corrected chi connectivity index (χ4v) is 10.9. The number of aliphatic hydroxyl groups is 1. The zero-order chi connectivity index (χ0) is 24.6. The van der Waals surface area contributed by atoms with Crippen LogP contribution in [-0.2, 0) is 29.5 Å². The number of fused-ring (bicyclic) bond motifs is 4. The van der Waals surface area contributed by atoms with Crippen LogP contribution in [0.4, 0.5) is 0 Å². The third-order valence-electron chi connectivity index (χ3n) is 5.38. The van der Waals surface area contributed by atoms with Crippen molar-refractivity contribution in [3.8, 4) is 11.3 Å². The van der Waals surface area contributed by atoms with Crippen molar-refractivity contribution in [1.29, 1.82) is 0 Å². The summed E-state index contributed by atoms with van der Waals surface area (Å²) in [6.07, 6.45) is 6.26. The number of carbonyl (C=O) groups is 1. The average molecular weight is 708 g/mol. The number of aromatic nitrogens is 2. The van der Waals surface area contributed by atoms with E-state index in [-0.39, 0.29) is 31.6 Å². The number of hydrogen-bond donors (Lipinski definition) is 1. The van der Waals surface area contributed by atoms with Crippen LogP contribution in [0.25, 0.3) is 11.3 Å². The van der Waals surface area contributed by atoms with Crippen LogP contribution in [0.3, 0.4) is 0 Å². The van der Waals surface area contributed by atoms with Crippen LogP contribution in [0.15, 0.2) is 105 Å². The maximum absolute atomic E-state index is 14.7. The minimum absolute atomic E-state index is 0. The van der Waals surface area contributed by atoms with Crippen molar-refractivity contribution >= 4 is 52.4 Å². The molecule has 183 valence electrons. The molecule has 0 aliphatic carbocycles. The molecule has 2 aliphatic heterocycles. The van der Waals surface area contributed by atoms with Gasteiger partial charge >= 0.3 is 0 Å². The van der Waals surface area contributed by atoms with Gasteiger partial charge in [0.1, 0.15) is 7.14 Å². The van der Waals surface area contributed by atoms with Gasteiger partial charge in [-0.05, 0) is 31.3 Å². The molecular formula is C27H20IrN2O3PS2-. The van der Waals surface area contributed by atoms with Crippen LogP contribution in [0, 0.1) is 6.07 Å². The third-order valence-corrected chi connectivity index (χ3v) is 11.4. The molecule has 6 rings (SSSR count). The van der Waals surface area contributed by atoms with Gasteiger partial charge in [-0.1, -0.05) is 46.2 Å². The first-order valence-electron chi connectivity index (χ1n) is 10.8. The van der Waals surface area contributed by atoms with Crippen LogP contribution in [0.1, 0.15) is 13.8 Å². The fourth-order valence-electron chi connectivity index (χ4n) is 4.06. The Morgan fingerprint density at radius 2 is 1.61 bits per heavy atom. The number of ketones is 1. The second-order valence-electron chi connectivity index (χ2n) is 7.96. The van der Waals surface area contributed by atoms with Gasteiger partial charge in [-0.3, -0.25) is 9.78 Å². The molecule has 5 nitrogen and oxygen atoms in total. The Hall–Kier alpha value is -2.47. The molecule has 0 saturated heterocycles. The summed E-state index contributed by atoms with van der Waals surface area (Å²) in [6.45, 7) is 2.85. The molecule has 0 fully saturated rings. The van der Waals surface area contributed by atoms with E-state index in [0.717, 1.165) is 46.8 Å². The van der Waals surface area contributed by atoms with E-state index in [2.05, 4.69) is 34.2 Å². The van der Waals surface area contributed by atoms with Crippen LogP contribution < -0.4 is 15.9 Å². The van der Waals surface area contributed by atoms with E-state index < -0.39 is 7.14 Å². The van der Waals surface area contributed by atoms with Crippen molar-refractivity contribution in [2.45, 2.75) is 33.4 Å². The summed E-state index contributed by atoms with van der Waals surface area (Å²) in [5.41, 5.74) is 1.66. The van der Waals surface area contributed by atoms with Crippen LogP contribution >= 0.6 is 30.7 Å². The predicted molar refractivity (Wildman–Crippen MR) is 141 cm³/mol. The van der Waals surface area contributed by atoms with E-state index in [0.29, 0.717) is 0 Å². The van der Waals surface area contributed by atoms with E-state index in [1.54, 1.807) is 42.1 Å². The summed E-state index contributed by atoms with van der Waals surface area (Å²) < 4.78 is 14.7. The number of hydrogen-bond acceptors (Lipinski definition) is 7. The van der Waals surface area contributed by atoms with Crippen molar-refractivity contribution in [3.63, 3.8) is 0 Å². The molecule has 3 aromatic carbocycles. The van der Waals surface area contributed by atoms with E-state index >= 15 is 0 Å². The quantitative estimate of drug-likeness (QED) is 0.110. The molecule has 0 spiro atoms. The first-order chi connectivity index (χ1) is 16.9. The predicted octanol–water partition coefficient (Wildman–Crippen LogP) is 5.55. The maximum atomic E-state index is 14.7. The van der Waals surface area contributed by atoms with E-state index in [1.807, 2.05) is 36.4 Å². The number of rotatable bonds is 2. The number of allylic oxidation sites excluding steroid dienone is 2. The van der Waals surface area contributed by atoms with Gasteiger partial charge in [-0.25, -0.2) is 0 Å². The summed E-state index contributed by atoms with van der Waals surface area (Å²) in [6, 6.07) is 21.7. The molecular weight excluding hydrogens is 688 g/mol. The molecule has 9 heteroatoms. The molecule has 1 atom stereocenters. The topological polar surface area (TPSA) is 80.1 Å². The van der Waals surface area contributed by atoms with Gasteiger partial charge in [0, 0.05) is 70.9 Å². The number of benzene rings is 3. The van der Waals surface area contributed by atoms with Gasteiger partial charge in [-0.2, -0.15) is 0 Å². The summed E-state index contributed by atoms with van der Waals surface area (Å²) in [5, 5.41) is 11.2. The Balaban J connectivity index is 0.000000338. The smallest absolute Gasteiger partial charge is 0.155 e. The normalized spacial score (nSPS) is 16.8. The Kier molecular flexibility index (Phi) is 8.03. The average Bonchev–Trinajstić information content (AvgIpc) is 2.84. The minimum atomic E-state index is -2.94. The molecule has 1 N–H and O–H groups in total. The third kappa shape index (κ3) is 4.89. The number of aliphatic hydroxyl groups excluding tert-OH is 1. The van der Waals surface area contributed by atoms with Crippen LogP contribution in [0.5, 0.6) is 0 Å². The number of carbonyl (C=O) groups excluding carboxylic acids is 1. The first-order valence-corrected chi connectivity index (χ1v) is 14.1. The van der Waals surface area contributed by atoms with E-state index in [9.17, 15) is 9.36 Å². The van der Waals surface area contributed by atoms with Crippen molar-refractivity contribution in [1.82, 2.24) is 9.97 Å². The Morgan fingerprint density at radius 3 is 2.17 bits per heavy atom. The zero-order valence-electron chi connectivity index (χ0n) is 19.3. The molecule has 0 bridgehead atoms. The second kappa shape index (κ2) is 10.9. The number of nitrogens with zero attached hydrogens (tertiary/aromatic N) is 2. The Bertz CT molecular complexity index is 1460. The molecule has 1 radical (unpaired) electrons. The standard InChI is InChI=1S/C22H12N2OPS2.C5H8O2.Ir/c25-26-16-5-1-3-7-18(16)27-20-11-14(15-13-23-9-10-24-15)12-21(22(20)26)28-19-8-4-2-6-17(19)26;1-4(6)3-5(2)7;/h1-11,13H;3,6H,1-2H3;/q-1;;/b;4-3-;. The summed E-state index contributed by atoms with van der Waals surface area (Å²) in [7, 11) is -2.94. The molecule has 1 unspecified atom stereocenters. The second-order valence-corrected chi connectivity index (χ2v) is 12.7. The maximum Gasteiger partial charge on any atom is 0.155 e. The van der Waals surface area contributed by atoms with Crippen LogP contribution in [0.2, 0.25) is 0 Å². The zero-order valence-corrected chi connectivity index (χ0v) is 24.2. The first kappa shape index (κ1) is 26.6. The van der Waals surface area contributed by atoms with Crippen molar-refractivity contribution < 1.29 is 34.6 Å². The van der Waals surface area contributed by atoms with Gasteiger partial charge < -0.3 is 14.7 Å². The molecule has 36 heavy (non-hydrogen) atoms. The minimum Gasteiger partial charge on any atom is -0.512 e. The fraction of sp³-hybridized carbons (Fsp3) is 0.0741. The molecule has 0 amide bonds. The summed E-state index contributed by atoms with van der Waals surface area (Å²) in [5.74, 6) is -0.0625. The Morgan fingerprint density at radius 1 is 0.972 bits per heavy atom. The summed E-state index contributed by atoms with van der Waals surface area (Å²) in [4.78, 5) is 22.7. The molecule has 1 aromatic heterocycles. The van der Waals surface area contributed by atoms with Crippen molar-refractivity contribution in [2.24, 2.45) is 0 Å². The molecule has 4 aromatic rings. The molecule has 2 aliphatic rings. The SMILES string of the molecule is CC(=O)/C=C(/C)O.O=P12c3ccccc3Sc3[c-]c(-c4cnccn4)cc(c31)Sc1ccccc12.[Ir]. The van der Waals surface area contributed by atoms with Crippen molar-refractivity contribution in [2.75, 3.05) is 0 Å². The van der Waals surface area contributed by atoms with Gasteiger partial charge in [0.25, 0.3) is 0 Å². The molecule has 0 saturated carbocycles. The van der Waals surface area contributed by atoms with Gasteiger partial charge in [-0.15, -0.1) is 41.2 Å². The largest absolute Gasteiger partial charge is 0.512 e. The van der Waals surface area contributed by atoms with E-state index in [1.165, 1.54) is 19.9 Å². The van der Waals surface area contributed by atoms with Gasteiger partial charge in [0.05, 0.1) is 5.76 Å².